The molecule has 0 aliphatic rings. The fourth-order valence-electron chi connectivity index (χ4n) is 1.71. The number of amides is 1. The molecule has 0 N–H and O–H groups in total. The van der Waals surface area contributed by atoms with Crippen LogP contribution >= 0.6 is 12.6 Å². The summed E-state index contributed by atoms with van der Waals surface area (Å²) in [7, 11) is 1.79. The number of rotatable bonds is 7. The monoisotopic (exact) mass is 281 g/mol. The lowest BCUT2D eigenvalue weighted by Gasteiger charge is -2.21. The molecule has 0 saturated carbocycles. The molecule has 0 aromatic heterocycles. The van der Waals surface area contributed by atoms with Crippen molar-refractivity contribution in [1.82, 2.24) is 4.90 Å². The molecule has 1 amide bonds. The summed E-state index contributed by atoms with van der Waals surface area (Å²) in [5, 5.41) is -0.300. The van der Waals surface area contributed by atoms with E-state index in [-0.39, 0.29) is 17.3 Å². The summed E-state index contributed by atoms with van der Waals surface area (Å²) in [5.41, 5.74) is 1.13. The number of benzene rings is 1. The van der Waals surface area contributed by atoms with E-state index in [1.54, 1.807) is 11.9 Å². The standard InChI is InChI=1S/C15H23NO2S/c1-12(2)18-10-9-16(3)15(17)14(19)11-13-7-5-4-6-8-13/h4-8,12,14,19H,9-11H2,1-3H3. The molecule has 1 aromatic rings. The Morgan fingerprint density at radius 2 is 1.95 bits per heavy atom. The molecule has 3 nitrogen and oxygen atoms in total. The molecule has 1 unspecified atom stereocenters. The molecule has 0 aliphatic heterocycles. The molecule has 0 fully saturated rings. The molecule has 1 aromatic carbocycles. The Morgan fingerprint density at radius 1 is 1.32 bits per heavy atom. The van der Waals surface area contributed by atoms with Gasteiger partial charge in [-0.3, -0.25) is 4.79 Å². The van der Waals surface area contributed by atoms with Crippen LogP contribution in [0.3, 0.4) is 0 Å². The Balaban J connectivity index is 2.39. The predicted molar refractivity (Wildman–Crippen MR) is 81.6 cm³/mol. The number of nitrogens with zero attached hydrogens (tertiary/aromatic N) is 1. The van der Waals surface area contributed by atoms with Gasteiger partial charge in [-0.15, -0.1) is 0 Å². The lowest BCUT2D eigenvalue weighted by atomic mass is 10.1. The Kier molecular flexibility index (Phi) is 6.95. The van der Waals surface area contributed by atoms with Crippen LogP contribution < -0.4 is 0 Å². The number of likely N-dealkylation sites (N-methyl/N-ethyl adjacent to an activating group) is 1. The van der Waals surface area contributed by atoms with Crippen LogP contribution in [0.25, 0.3) is 0 Å². The Morgan fingerprint density at radius 3 is 2.53 bits per heavy atom. The van der Waals surface area contributed by atoms with Crippen molar-refractivity contribution in [3.63, 3.8) is 0 Å². The fourth-order valence-corrected chi connectivity index (χ4v) is 2.12. The zero-order valence-electron chi connectivity index (χ0n) is 11.9. The van der Waals surface area contributed by atoms with Gasteiger partial charge < -0.3 is 9.64 Å². The third-order valence-electron chi connectivity index (χ3n) is 2.81. The van der Waals surface area contributed by atoms with Gasteiger partial charge in [0.1, 0.15) is 0 Å². The summed E-state index contributed by atoms with van der Waals surface area (Å²) in [6.45, 7) is 5.13. The molecule has 0 saturated heterocycles. The van der Waals surface area contributed by atoms with Gasteiger partial charge in [0, 0.05) is 13.6 Å². The number of ether oxygens (including phenoxy) is 1. The molecular weight excluding hydrogens is 258 g/mol. The molecule has 0 heterocycles. The van der Waals surface area contributed by atoms with Crippen molar-refractivity contribution in [1.29, 1.82) is 0 Å². The molecule has 0 radical (unpaired) electrons. The van der Waals surface area contributed by atoms with Crippen molar-refractivity contribution in [2.45, 2.75) is 31.6 Å². The summed E-state index contributed by atoms with van der Waals surface area (Å²) in [6.07, 6.45) is 0.845. The average molecular weight is 281 g/mol. The van der Waals surface area contributed by atoms with Crippen LogP contribution in [0.4, 0.5) is 0 Å². The van der Waals surface area contributed by atoms with E-state index in [0.29, 0.717) is 19.6 Å². The first-order valence-electron chi connectivity index (χ1n) is 6.59. The van der Waals surface area contributed by atoms with Gasteiger partial charge in [-0.05, 0) is 25.8 Å². The van der Waals surface area contributed by atoms with Crippen molar-refractivity contribution >= 4 is 18.5 Å². The highest BCUT2D eigenvalue weighted by molar-refractivity contribution is 7.81. The minimum absolute atomic E-state index is 0.0412. The Bertz CT molecular complexity index is 381. The fraction of sp³-hybridized carbons (Fsp3) is 0.533. The number of carbonyl (C=O) groups excluding carboxylic acids is 1. The molecular formula is C15H23NO2S. The van der Waals surface area contributed by atoms with E-state index in [4.69, 9.17) is 4.74 Å². The molecule has 1 rings (SSSR count). The highest BCUT2D eigenvalue weighted by Gasteiger charge is 2.18. The van der Waals surface area contributed by atoms with E-state index in [1.165, 1.54) is 0 Å². The first-order chi connectivity index (χ1) is 9.00. The Hall–Kier alpha value is -1.00. The summed E-state index contributed by atoms with van der Waals surface area (Å²) in [5.74, 6) is 0.0412. The Labute approximate surface area is 121 Å². The highest BCUT2D eigenvalue weighted by atomic mass is 32.1. The number of hydrogen-bond acceptors (Lipinski definition) is 3. The van der Waals surface area contributed by atoms with Gasteiger partial charge in [0.05, 0.1) is 18.0 Å². The van der Waals surface area contributed by atoms with Gasteiger partial charge >= 0.3 is 0 Å². The van der Waals surface area contributed by atoms with Crippen LogP contribution in [0, 0.1) is 0 Å². The minimum atomic E-state index is -0.300. The van der Waals surface area contributed by atoms with Gasteiger partial charge in [0.15, 0.2) is 0 Å². The van der Waals surface area contributed by atoms with E-state index >= 15 is 0 Å². The van der Waals surface area contributed by atoms with Crippen LogP contribution in [0.2, 0.25) is 0 Å². The van der Waals surface area contributed by atoms with Gasteiger partial charge in [-0.2, -0.15) is 12.6 Å². The second kappa shape index (κ2) is 8.23. The van der Waals surface area contributed by atoms with E-state index in [1.807, 2.05) is 44.2 Å². The molecule has 0 aliphatic carbocycles. The molecule has 0 bridgehead atoms. The average Bonchev–Trinajstić information content (AvgIpc) is 2.38. The minimum Gasteiger partial charge on any atom is -0.377 e. The first-order valence-corrected chi connectivity index (χ1v) is 7.11. The summed E-state index contributed by atoms with van der Waals surface area (Å²) in [4.78, 5) is 13.8. The van der Waals surface area contributed by atoms with E-state index in [0.717, 1.165) is 5.56 Å². The zero-order valence-corrected chi connectivity index (χ0v) is 12.8. The first kappa shape index (κ1) is 16.1. The van der Waals surface area contributed by atoms with E-state index in [9.17, 15) is 4.79 Å². The van der Waals surface area contributed by atoms with Gasteiger partial charge in [0.25, 0.3) is 0 Å². The van der Waals surface area contributed by atoms with Crippen LogP contribution in [0.5, 0.6) is 0 Å². The number of thiol groups is 1. The van der Waals surface area contributed by atoms with Crippen LogP contribution in [0.1, 0.15) is 19.4 Å². The summed E-state index contributed by atoms with van der Waals surface area (Å²) < 4.78 is 5.44. The van der Waals surface area contributed by atoms with Gasteiger partial charge in [-0.1, -0.05) is 30.3 Å². The zero-order chi connectivity index (χ0) is 14.3. The molecule has 106 valence electrons. The SMILES string of the molecule is CC(C)OCCN(C)C(=O)C(S)Cc1ccccc1. The molecule has 1 atom stereocenters. The topological polar surface area (TPSA) is 29.5 Å². The molecule has 19 heavy (non-hydrogen) atoms. The maximum Gasteiger partial charge on any atom is 0.235 e. The van der Waals surface area contributed by atoms with Crippen molar-refractivity contribution < 1.29 is 9.53 Å². The van der Waals surface area contributed by atoms with Crippen LogP contribution in [0.15, 0.2) is 30.3 Å². The van der Waals surface area contributed by atoms with Crippen molar-refractivity contribution in [3.8, 4) is 0 Å². The van der Waals surface area contributed by atoms with Crippen LogP contribution in [-0.2, 0) is 16.0 Å². The number of hydrogen-bond donors (Lipinski definition) is 1. The second-order valence-corrected chi connectivity index (χ2v) is 5.51. The lowest BCUT2D eigenvalue weighted by molar-refractivity contribution is -0.130. The lowest BCUT2D eigenvalue weighted by Crippen LogP contribution is -2.37. The largest absolute Gasteiger partial charge is 0.377 e. The maximum absolute atomic E-state index is 12.1. The third kappa shape index (κ3) is 6.12. The predicted octanol–water partition coefficient (Wildman–Crippen LogP) is 2.41. The normalized spacial score (nSPS) is 12.5. The smallest absolute Gasteiger partial charge is 0.235 e. The second-order valence-electron chi connectivity index (χ2n) is 4.88. The molecule has 0 spiro atoms. The summed E-state index contributed by atoms with van der Waals surface area (Å²) >= 11 is 4.41. The summed E-state index contributed by atoms with van der Waals surface area (Å²) in [6, 6.07) is 9.94. The maximum atomic E-state index is 12.1. The van der Waals surface area contributed by atoms with Crippen molar-refractivity contribution in [3.05, 3.63) is 35.9 Å². The van der Waals surface area contributed by atoms with E-state index in [2.05, 4.69) is 12.6 Å². The van der Waals surface area contributed by atoms with E-state index < -0.39 is 0 Å². The third-order valence-corrected chi connectivity index (χ3v) is 3.21. The van der Waals surface area contributed by atoms with Gasteiger partial charge in [-0.25, -0.2) is 0 Å². The van der Waals surface area contributed by atoms with Crippen molar-refractivity contribution in [2.24, 2.45) is 0 Å². The van der Waals surface area contributed by atoms with Gasteiger partial charge in [0.2, 0.25) is 5.91 Å². The molecule has 4 heteroatoms. The highest BCUT2D eigenvalue weighted by Crippen LogP contribution is 2.10. The quantitative estimate of drug-likeness (QED) is 0.778. The van der Waals surface area contributed by atoms with Crippen molar-refractivity contribution in [2.75, 3.05) is 20.2 Å². The number of carbonyl (C=O) groups is 1. The van der Waals surface area contributed by atoms with Crippen LogP contribution in [-0.4, -0.2) is 42.4 Å².